The summed E-state index contributed by atoms with van der Waals surface area (Å²) in [4.78, 5) is 27.4. The molecule has 0 radical (unpaired) electrons. The Morgan fingerprint density at radius 1 is 1.21 bits per heavy atom. The van der Waals surface area contributed by atoms with Crippen LogP contribution >= 0.6 is 15.9 Å². The molecule has 6 heteroatoms. The van der Waals surface area contributed by atoms with Gasteiger partial charge in [0.05, 0.1) is 12.2 Å². The number of carbonyl (C=O) groups excluding carboxylic acids is 1. The zero-order chi connectivity index (χ0) is 20.1. The molecule has 0 spiro atoms. The van der Waals surface area contributed by atoms with Crippen molar-refractivity contribution in [3.8, 4) is 5.75 Å². The molecule has 1 aliphatic carbocycles. The van der Waals surface area contributed by atoms with Crippen molar-refractivity contribution in [2.24, 2.45) is 0 Å². The third kappa shape index (κ3) is 3.02. The Kier molecular flexibility index (Phi) is 4.54. The second-order valence-electron chi connectivity index (χ2n) is 7.57. The predicted molar refractivity (Wildman–Crippen MR) is 110 cm³/mol. The highest BCUT2D eigenvalue weighted by molar-refractivity contribution is 9.10. The topological polar surface area (TPSA) is 79.4 Å². The summed E-state index contributed by atoms with van der Waals surface area (Å²) < 4.78 is 6.64. The van der Waals surface area contributed by atoms with Gasteiger partial charge in [0.25, 0.3) is 0 Å². The lowest BCUT2D eigenvalue weighted by Crippen LogP contribution is -2.30. The van der Waals surface area contributed by atoms with Crippen molar-refractivity contribution in [2.75, 3.05) is 6.61 Å². The van der Waals surface area contributed by atoms with Gasteiger partial charge in [-0.2, -0.15) is 0 Å². The van der Waals surface area contributed by atoms with Crippen LogP contribution in [-0.4, -0.2) is 28.4 Å². The summed E-state index contributed by atoms with van der Waals surface area (Å²) in [5.41, 5.74) is 3.80. The number of fused-ring (bicyclic) bond motifs is 4. The van der Waals surface area contributed by atoms with Crippen molar-refractivity contribution >= 4 is 38.6 Å². The lowest BCUT2D eigenvalue weighted by molar-refractivity contribution is -0.137. The number of rotatable bonds is 5. The molecule has 0 saturated heterocycles. The number of nitrogens with one attached hydrogen (secondary N) is 1. The maximum absolute atomic E-state index is 13.4. The average molecular weight is 442 g/mol. The summed E-state index contributed by atoms with van der Waals surface area (Å²) in [7, 11) is 0. The van der Waals surface area contributed by atoms with Crippen molar-refractivity contribution < 1.29 is 19.4 Å². The van der Waals surface area contributed by atoms with Gasteiger partial charge in [-0.25, -0.2) is 0 Å². The maximum Gasteiger partial charge on any atom is 0.303 e. The monoisotopic (exact) mass is 441 g/mol. The summed E-state index contributed by atoms with van der Waals surface area (Å²) in [6.45, 7) is 4.51. The highest BCUT2D eigenvalue weighted by Crippen LogP contribution is 2.44. The molecule has 144 valence electrons. The number of hydrogen-bond donors (Lipinski definition) is 2. The molecule has 2 N–H and O–H groups in total. The van der Waals surface area contributed by atoms with E-state index in [1.54, 1.807) is 6.07 Å². The summed E-state index contributed by atoms with van der Waals surface area (Å²) in [6, 6.07) is 11.4. The first-order chi connectivity index (χ1) is 13.3. The molecule has 3 aromatic rings. The summed E-state index contributed by atoms with van der Waals surface area (Å²) in [5, 5.41) is 9.64. The Morgan fingerprint density at radius 3 is 2.75 bits per heavy atom. The van der Waals surface area contributed by atoms with Gasteiger partial charge in [-0.3, -0.25) is 9.59 Å². The fourth-order valence-corrected chi connectivity index (χ4v) is 4.26. The van der Waals surface area contributed by atoms with Gasteiger partial charge in [0.2, 0.25) is 0 Å². The van der Waals surface area contributed by atoms with Crippen LogP contribution in [0.25, 0.3) is 10.9 Å². The SMILES string of the molecule is CC1(C)c2ccc(OCCCC(=O)O)cc2C(=O)c2c1[nH]c1cc(Br)ccc21. The normalized spacial score (nSPS) is 14.6. The van der Waals surface area contributed by atoms with Gasteiger partial charge in [-0.1, -0.05) is 41.9 Å². The molecule has 0 amide bonds. The van der Waals surface area contributed by atoms with Crippen molar-refractivity contribution in [2.45, 2.75) is 32.1 Å². The molecule has 1 aliphatic rings. The number of halogens is 1. The minimum atomic E-state index is -0.843. The van der Waals surface area contributed by atoms with E-state index < -0.39 is 5.97 Å². The van der Waals surface area contributed by atoms with Gasteiger partial charge in [0.1, 0.15) is 5.75 Å². The number of aliphatic carboxylic acids is 1. The van der Waals surface area contributed by atoms with Crippen LogP contribution in [0.3, 0.4) is 0 Å². The minimum Gasteiger partial charge on any atom is -0.494 e. The first-order valence-corrected chi connectivity index (χ1v) is 9.94. The standard InChI is InChI=1S/C22H20BrNO4/c1-22(2)16-8-6-13(28-9-3-4-18(25)26)11-15(16)20(27)19-14-7-5-12(23)10-17(14)24-21(19)22/h5-8,10-11,24H,3-4,9H2,1-2H3,(H,25,26). The molecular weight excluding hydrogens is 422 g/mol. The van der Waals surface area contributed by atoms with Gasteiger partial charge in [-0.15, -0.1) is 0 Å². The molecule has 0 atom stereocenters. The molecule has 2 aromatic carbocycles. The molecule has 1 aromatic heterocycles. The second kappa shape index (κ2) is 6.78. The van der Waals surface area contributed by atoms with E-state index in [1.807, 2.05) is 30.3 Å². The highest BCUT2D eigenvalue weighted by Gasteiger charge is 2.39. The van der Waals surface area contributed by atoms with E-state index in [4.69, 9.17) is 9.84 Å². The Labute approximate surface area is 170 Å². The average Bonchev–Trinajstić information content (AvgIpc) is 3.03. The van der Waals surface area contributed by atoms with E-state index in [-0.39, 0.29) is 17.6 Å². The van der Waals surface area contributed by atoms with Gasteiger partial charge in [0.15, 0.2) is 5.78 Å². The molecule has 0 aliphatic heterocycles. The third-order valence-electron chi connectivity index (χ3n) is 5.33. The zero-order valence-electron chi connectivity index (χ0n) is 15.6. The van der Waals surface area contributed by atoms with Crippen molar-refractivity contribution in [1.29, 1.82) is 0 Å². The minimum absolute atomic E-state index is 0.0196. The van der Waals surface area contributed by atoms with Crippen LogP contribution in [0, 0.1) is 0 Å². The number of H-pyrrole nitrogens is 1. The summed E-state index contributed by atoms with van der Waals surface area (Å²) in [5.74, 6) is -0.280. The largest absolute Gasteiger partial charge is 0.494 e. The Bertz CT molecular complexity index is 1110. The molecule has 0 fully saturated rings. The second-order valence-corrected chi connectivity index (χ2v) is 8.49. The van der Waals surface area contributed by atoms with Crippen molar-refractivity contribution in [1.82, 2.24) is 4.98 Å². The molecular formula is C22H20BrNO4. The number of benzene rings is 2. The van der Waals surface area contributed by atoms with E-state index in [0.29, 0.717) is 29.9 Å². The summed E-state index contributed by atoms with van der Waals surface area (Å²) >= 11 is 3.49. The number of carboxylic acids is 1. The van der Waals surface area contributed by atoms with E-state index in [9.17, 15) is 9.59 Å². The zero-order valence-corrected chi connectivity index (χ0v) is 17.2. The highest BCUT2D eigenvalue weighted by atomic mass is 79.9. The molecule has 0 saturated carbocycles. The summed E-state index contributed by atoms with van der Waals surface area (Å²) in [6.07, 6.45) is 0.485. The van der Waals surface area contributed by atoms with Crippen molar-refractivity contribution in [3.05, 3.63) is 63.3 Å². The quantitative estimate of drug-likeness (QED) is 0.543. The fourth-order valence-electron chi connectivity index (χ4n) is 3.90. The third-order valence-corrected chi connectivity index (χ3v) is 5.82. The van der Waals surface area contributed by atoms with E-state index in [1.165, 1.54) is 0 Å². The van der Waals surface area contributed by atoms with Gasteiger partial charge in [0, 0.05) is 38.5 Å². The van der Waals surface area contributed by atoms with Crippen LogP contribution in [-0.2, 0) is 10.2 Å². The van der Waals surface area contributed by atoms with Gasteiger partial charge < -0.3 is 14.8 Å². The molecule has 1 heterocycles. The predicted octanol–water partition coefficient (Wildman–Crippen LogP) is 5.04. The first kappa shape index (κ1) is 18.7. The number of hydrogen-bond acceptors (Lipinski definition) is 3. The molecule has 5 nitrogen and oxygen atoms in total. The van der Waals surface area contributed by atoms with Crippen molar-refractivity contribution in [3.63, 3.8) is 0 Å². The van der Waals surface area contributed by atoms with Crippen LogP contribution in [0.5, 0.6) is 5.75 Å². The number of carbonyl (C=O) groups is 2. The number of ether oxygens (including phenoxy) is 1. The van der Waals surface area contributed by atoms with Crippen LogP contribution in [0.15, 0.2) is 40.9 Å². The van der Waals surface area contributed by atoms with E-state index in [0.717, 1.165) is 26.6 Å². The number of aromatic amines is 1. The Hall–Kier alpha value is -2.60. The Morgan fingerprint density at radius 2 is 2.00 bits per heavy atom. The maximum atomic E-state index is 13.4. The molecule has 0 unspecified atom stereocenters. The molecule has 0 bridgehead atoms. The fraction of sp³-hybridized carbons (Fsp3) is 0.273. The smallest absolute Gasteiger partial charge is 0.303 e. The number of aromatic nitrogens is 1. The first-order valence-electron chi connectivity index (χ1n) is 9.14. The molecule has 4 rings (SSSR count). The lowest BCUT2D eigenvalue weighted by atomic mass is 9.71. The van der Waals surface area contributed by atoms with Crippen LogP contribution in [0.2, 0.25) is 0 Å². The van der Waals surface area contributed by atoms with Crippen LogP contribution < -0.4 is 4.74 Å². The lowest BCUT2D eigenvalue weighted by Gasteiger charge is -2.32. The van der Waals surface area contributed by atoms with E-state index >= 15 is 0 Å². The van der Waals surface area contributed by atoms with Gasteiger partial charge in [-0.05, 0) is 36.2 Å². The number of carboxylic acid groups (broad SMARTS) is 1. The van der Waals surface area contributed by atoms with Crippen LogP contribution in [0.4, 0.5) is 0 Å². The van der Waals surface area contributed by atoms with Crippen LogP contribution in [0.1, 0.15) is 53.9 Å². The van der Waals surface area contributed by atoms with E-state index in [2.05, 4.69) is 34.8 Å². The molecule has 28 heavy (non-hydrogen) atoms. The number of ketones is 1. The Balaban J connectivity index is 1.74. The van der Waals surface area contributed by atoms with Gasteiger partial charge >= 0.3 is 5.97 Å².